The smallest absolute Gasteiger partial charge is 0.305 e. The van der Waals surface area contributed by atoms with Crippen molar-refractivity contribution in [3.05, 3.63) is 35.1 Å². The van der Waals surface area contributed by atoms with Gasteiger partial charge in [-0.25, -0.2) is 4.39 Å². The summed E-state index contributed by atoms with van der Waals surface area (Å²) in [4.78, 5) is 24.6. The van der Waals surface area contributed by atoms with Crippen molar-refractivity contribution < 1.29 is 19.1 Å². The molecular weight excluding hydrogens is 261 g/mol. The summed E-state index contributed by atoms with van der Waals surface area (Å²) in [6.45, 7) is 7.20. The Morgan fingerprint density at radius 2 is 1.90 bits per heavy atom. The Labute approximate surface area is 118 Å². The lowest BCUT2D eigenvalue weighted by Crippen LogP contribution is -2.46. The van der Waals surface area contributed by atoms with Gasteiger partial charge in [0, 0.05) is 12.1 Å². The minimum atomic E-state index is -0.989. The van der Waals surface area contributed by atoms with Crippen molar-refractivity contribution in [3.63, 3.8) is 0 Å². The van der Waals surface area contributed by atoms with E-state index in [0.717, 1.165) is 5.56 Å². The van der Waals surface area contributed by atoms with E-state index in [4.69, 9.17) is 5.11 Å². The Balaban J connectivity index is 3.10. The fourth-order valence-corrected chi connectivity index (χ4v) is 1.90. The minimum absolute atomic E-state index is 0.0229. The second kappa shape index (κ2) is 6.03. The molecule has 0 heterocycles. The van der Waals surface area contributed by atoms with Crippen molar-refractivity contribution in [1.82, 2.24) is 4.90 Å². The highest BCUT2D eigenvalue weighted by Gasteiger charge is 2.29. The van der Waals surface area contributed by atoms with Gasteiger partial charge in [0.25, 0.3) is 5.91 Å². The second-order valence-corrected chi connectivity index (χ2v) is 5.75. The first kappa shape index (κ1) is 16.1. The monoisotopic (exact) mass is 281 g/mol. The quantitative estimate of drug-likeness (QED) is 0.923. The van der Waals surface area contributed by atoms with E-state index in [2.05, 4.69) is 0 Å². The summed E-state index contributed by atoms with van der Waals surface area (Å²) in [6, 6.07) is 4.32. The molecule has 0 aliphatic carbocycles. The van der Waals surface area contributed by atoms with Crippen molar-refractivity contribution in [2.45, 2.75) is 39.7 Å². The van der Waals surface area contributed by atoms with Gasteiger partial charge in [-0.15, -0.1) is 0 Å². The number of hydrogen-bond donors (Lipinski definition) is 1. The van der Waals surface area contributed by atoms with Gasteiger partial charge in [-0.2, -0.15) is 0 Å². The summed E-state index contributed by atoms with van der Waals surface area (Å²) in [5.74, 6) is -2.07. The van der Waals surface area contributed by atoms with Gasteiger partial charge in [-0.1, -0.05) is 11.6 Å². The molecule has 1 rings (SSSR count). The van der Waals surface area contributed by atoms with Crippen LogP contribution in [-0.4, -0.2) is 34.0 Å². The second-order valence-electron chi connectivity index (χ2n) is 5.75. The van der Waals surface area contributed by atoms with Crippen LogP contribution < -0.4 is 0 Å². The molecule has 0 bridgehead atoms. The van der Waals surface area contributed by atoms with E-state index in [1.54, 1.807) is 33.8 Å². The third kappa shape index (κ3) is 4.05. The summed E-state index contributed by atoms with van der Waals surface area (Å²) in [6.07, 6.45) is -0.170. The van der Waals surface area contributed by atoms with E-state index in [1.165, 1.54) is 17.0 Å². The number of aliphatic carboxylic acids is 1. The number of nitrogens with zero attached hydrogens (tertiary/aromatic N) is 1. The Bertz CT molecular complexity index is 520. The predicted octanol–water partition coefficient (Wildman–Crippen LogP) is 2.85. The number of carbonyl (C=O) groups is 2. The number of benzene rings is 1. The highest BCUT2D eigenvalue weighted by atomic mass is 19.1. The average molecular weight is 281 g/mol. The number of rotatable bonds is 4. The molecule has 1 amide bonds. The molecule has 0 atom stereocenters. The van der Waals surface area contributed by atoms with Crippen molar-refractivity contribution in [2.75, 3.05) is 6.54 Å². The van der Waals surface area contributed by atoms with Gasteiger partial charge in [0.15, 0.2) is 0 Å². The first-order valence-electron chi connectivity index (χ1n) is 6.43. The number of hydrogen-bond acceptors (Lipinski definition) is 2. The van der Waals surface area contributed by atoms with E-state index in [1.807, 2.05) is 0 Å². The fourth-order valence-electron chi connectivity index (χ4n) is 1.90. The molecule has 0 saturated carbocycles. The molecule has 5 heteroatoms. The topological polar surface area (TPSA) is 57.6 Å². The zero-order chi connectivity index (χ0) is 15.5. The molecule has 0 spiro atoms. The van der Waals surface area contributed by atoms with E-state index < -0.39 is 23.2 Å². The number of carboxylic acids is 1. The molecule has 0 radical (unpaired) electrons. The van der Waals surface area contributed by atoms with E-state index in [0.29, 0.717) is 0 Å². The van der Waals surface area contributed by atoms with Crippen molar-refractivity contribution in [2.24, 2.45) is 0 Å². The van der Waals surface area contributed by atoms with Crippen molar-refractivity contribution >= 4 is 11.9 Å². The lowest BCUT2D eigenvalue weighted by Gasteiger charge is -2.35. The van der Waals surface area contributed by atoms with E-state index in [-0.39, 0.29) is 18.5 Å². The third-order valence-electron chi connectivity index (χ3n) is 2.96. The normalized spacial score (nSPS) is 11.2. The van der Waals surface area contributed by atoms with Crippen molar-refractivity contribution in [3.8, 4) is 0 Å². The molecule has 20 heavy (non-hydrogen) atoms. The van der Waals surface area contributed by atoms with E-state index >= 15 is 0 Å². The summed E-state index contributed by atoms with van der Waals surface area (Å²) in [5.41, 5.74) is 0.176. The van der Waals surface area contributed by atoms with Gasteiger partial charge in [0.1, 0.15) is 5.82 Å². The van der Waals surface area contributed by atoms with Crippen LogP contribution in [0, 0.1) is 12.7 Å². The molecule has 4 nitrogen and oxygen atoms in total. The summed E-state index contributed by atoms with van der Waals surface area (Å²) >= 11 is 0. The third-order valence-corrected chi connectivity index (χ3v) is 2.96. The number of halogens is 1. The summed E-state index contributed by atoms with van der Waals surface area (Å²) in [7, 11) is 0. The SMILES string of the molecule is Cc1ccc(F)c(C(=O)N(CCC(=O)O)C(C)(C)C)c1. The van der Waals surface area contributed by atoms with Crippen LogP contribution in [0.15, 0.2) is 18.2 Å². The Morgan fingerprint density at radius 3 is 2.40 bits per heavy atom. The van der Waals surface area contributed by atoms with Crippen LogP contribution in [0.1, 0.15) is 43.1 Å². The highest BCUT2D eigenvalue weighted by molar-refractivity contribution is 5.95. The molecular formula is C15H20FNO3. The van der Waals surface area contributed by atoms with Gasteiger partial charge in [-0.05, 0) is 39.8 Å². The molecule has 0 fully saturated rings. The molecule has 1 N–H and O–H groups in total. The maximum Gasteiger partial charge on any atom is 0.305 e. The first-order valence-corrected chi connectivity index (χ1v) is 6.43. The molecule has 1 aromatic rings. The van der Waals surface area contributed by atoms with Gasteiger partial charge < -0.3 is 10.0 Å². The van der Waals surface area contributed by atoms with Gasteiger partial charge in [0.2, 0.25) is 0 Å². The Hall–Kier alpha value is -1.91. The molecule has 0 aliphatic rings. The van der Waals surface area contributed by atoms with Crippen LogP contribution in [0.3, 0.4) is 0 Å². The van der Waals surface area contributed by atoms with Gasteiger partial charge >= 0.3 is 5.97 Å². The fraction of sp³-hybridized carbons (Fsp3) is 0.467. The number of amides is 1. The van der Waals surface area contributed by atoms with Crippen LogP contribution >= 0.6 is 0 Å². The molecule has 1 aromatic carbocycles. The van der Waals surface area contributed by atoms with E-state index in [9.17, 15) is 14.0 Å². The summed E-state index contributed by atoms with van der Waals surface area (Å²) in [5, 5.41) is 8.77. The molecule has 0 aliphatic heterocycles. The zero-order valence-corrected chi connectivity index (χ0v) is 12.2. The predicted molar refractivity (Wildman–Crippen MR) is 74.2 cm³/mol. The van der Waals surface area contributed by atoms with Crippen molar-refractivity contribution in [1.29, 1.82) is 0 Å². The van der Waals surface area contributed by atoms with Gasteiger partial charge in [-0.3, -0.25) is 9.59 Å². The molecule has 0 saturated heterocycles. The van der Waals surface area contributed by atoms with Crippen LogP contribution in [0.5, 0.6) is 0 Å². The van der Waals surface area contributed by atoms with Crippen LogP contribution in [0.4, 0.5) is 4.39 Å². The number of aryl methyl sites for hydroxylation is 1. The maximum absolute atomic E-state index is 13.8. The lowest BCUT2D eigenvalue weighted by molar-refractivity contribution is -0.137. The molecule has 0 unspecified atom stereocenters. The Kier molecular flexibility index (Phi) is 4.87. The number of carbonyl (C=O) groups excluding carboxylic acids is 1. The maximum atomic E-state index is 13.8. The van der Waals surface area contributed by atoms with Crippen LogP contribution in [0.2, 0.25) is 0 Å². The largest absolute Gasteiger partial charge is 0.481 e. The summed E-state index contributed by atoms with van der Waals surface area (Å²) < 4.78 is 13.8. The highest BCUT2D eigenvalue weighted by Crippen LogP contribution is 2.20. The molecule has 110 valence electrons. The molecule has 0 aromatic heterocycles. The van der Waals surface area contributed by atoms with Gasteiger partial charge in [0.05, 0.1) is 12.0 Å². The zero-order valence-electron chi connectivity index (χ0n) is 12.2. The first-order chi connectivity index (χ1) is 9.12. The minimum Gasteiger partial charge on any atom is -0.481 e. The standard InChI is InChI=1S/C15H20FNO3/c1-10-5-6-12(16)11(9-10)14(20)17(15(2,3)4)8-7-13(18)19/h5-6,9H,7-8H2,1-4H3,(H,18,19). The number of carboxylic acid groups (broad SMARTS) is 1. The Morgan fingerprint density at radius 1 is 1.30 bits per heavy atom. The lowest BCUT2D eigenvalue weighted by atomic mass is 10.0. The van der Waals surface area contributed by atoms with Crippen LogP contribution in [-0.2, 0) is 4.79 Å². The van der Waals surface area contributed by atoms with Crippen LogP contribution in [0.25, 0.3) is 0 Å². The average Bonchev–Trinajstić information content (AvgIpc) is 2.30.